The number of aryl methyl sites for hydroxylation is 2. The van der Waals surface area contributed by atoms with Crippen molar-refractivity contribution in [3.8, 4) is 0 Å². The van der Waals surface area contributed by atoms with E-state index in [1.54, 1.807) is 17.8 Å². The van der Waals surface area contributed by atoms with Crippen molar-refractivity contribution < 1.29 is 9.21 Å². The highest BCUT2D eigenvalue weighted by atomic mass is 32.2. The molecule has 104 valence electrons. The Morgan fingerprint density at radius 1 is 1.30 bits per heavy atom. The molecule has 0 saturated heterocycles. The zero-order valence-corrected chi connectivity index (χ0v) is 11.8. The van der Waals surface area contributed by atoms with Gasteiger partial charge in [-0.2, -0.15) is 0 Å². The van der Waals surface area contributed by atoms with Gasteiger partial charge >= 0.3 is 0 Å². The van der Waals surface area contributed by atoms with Crippen LogP contribution < -0.4 is 11.3 Å². The first kappa shape index (κ1) is 13.3. The zero-order chi connectivity index (χ0) is 13.9. The summed E-state index contributed by atoms with van der Waals surface area (Å²) in [4.78, 5) is 12.6. The number of carbonyl (C=O) groups is 1. The standard InChI is InChI=1S/C15H16N2O2S/c16-17-15(18)12-6-13(19-8-12)9-20-14-5-4-10-2-1-3-11(10)7-14/h4-8H,1-3,9,16H2,(H,17,18). The number of hydrogen-bond donors (Lipinski definition) is 2. The summed E-state index contributed by atoms with van der Waals surface area (Å²) in [7, 11) is 0. The van der Waals surface area contributed by atoms with E-state index in [2.05, 4.69) is 23.6 Å². The first-order valence-electron chi connectivity index (χ1n) is 6.59. The van der Waals surface area contributed by atoms with E-state index in [0.29, 0.717) is 11.3 Å². The second-order valence-electron chi connectivity index (χ2n) is 4.85. The molecule has 1 aliphatic rings. The second kappa shape index (κ2) is 5.73. The highest BCUT2D eigenvalue weighted by molar-refractivity contribution is 7.98. The second-order valence-corrected chi connectivity index (χ2v) is 5.90. The number of thioether (sulfide) groups is 1. The smallest absolute Gasteiger partial charge is 0.268 e. The van der Waals surface area contributed by atoms with E-state index in [9.17, 15) is 4.79 Å². The molecule has 3 N–H and O–H groups in total. The Morgan fingerprint density at radius 3 is 3.00 bits per heavy atom. The number of nitrogen functional groups attached to an aromatic ring is 1. The molecule has 0 atom stereocenters. The topological polar surface area (TPSA) is 68.3 Å². The van der Waals surface area contributed by atoms with Crippen molar-refractivity contribution in [2.45, 2.75) is 29.9 Å². The number of nitrogens with two attached hydrogens (primary N) is 1. The maximum atomic E-state index is 11.3. The van der Waals surface area contributed by atoms with Gasteiger partial charge in [0.15, 0.2) is 0 Å². The molecule has 1 amide bonds. The Bertz CT molecular complexity index is 637. The molecule has 2 aromatic rings. The number of nitrogens with one attached hydrogen (secondary N) is 1. The molecule has 0 spiro atoms. The molecule has 0 fully saturated rings. The summed E-state index contributed by atoms with van der Waals surface area (Å²) in [6.07, 6.45) is 5.08. The number of fused-ring (bicyclic) bond motifs is 1. The minimum Gasteiger partial charge on any atom is -0.468 e. The molecule has 5 heteroatoms. The lowest BCUT2D eigenvalue weighted by Gasteiger charge is -2.03. The van der Waals surface area contributed by atoms with Crippen LogP contribution in [0.3, 0.4) is 0 Å². The van der Waals surface area contributed by atoms with Gasteiger partial charge in [-0.25, -0.2) is 5.84 Å². The fourth-order valence-electron chi connectivity index (χ4n) is 2.45. The Labute approximate surface area is 121 Å². The monoisotopic (exact) mass is 288 g/mol. The van der Waals surface area contributed by atoms with Crippen molar-refractivity contribution in [2.24, 2.45) is 5.84 Å². The van der Waals surface area contributed by atoms with Gasteiger partial charge < -0.3 is 4.42 Å². The van der Waals surface area contributed by atoms with Gasteiger partial charge in [0.2, 0.25) is 0 Å². The fraction of sp³-hybridized carbons (Fsp3) is 0.267. The lowest BCUT2D eigenvalue weighted by atomic mass is 10.1. The quantitative estimate of drug-likeness (QED) is 0.393. The predicted octanol–water partition coefficient (Wildman–Crippen LogP) is 2.66. The Morgan fingerprint density at radius 2 is 2.15 bits per heavy atom. The van der Waals surface area contributed by atoms with Crippen molar-refractivity contribution in [1.82, 2.24) is 5.43 Å². The van der Waals surface area contributed by atoms with Crippen LogP contribution in [0.1, 0.15) is 33.7 Å². The summed E-state index contributed by atoms with van der Waals surface area (Å²) < 4.78 is 5.36. The molecule has 1 aromatic heterocycles. The van der Waals surface area contributed by atoms with E-state index in [1.165, 1.54) is 41.5 Å². The maximum Gasteiger partial charge on any atom is 0.268 e. The molecule has 3 rings (SSSR count). The van der Waals surface area contributed by atoms with Gasteiger partial charge in [-0.1, -0.05) is 6.07 Å². The molecule has 0 aliphatic heterocycles. The lowest BCUT2D eigenvalue weighted by molar-refractivity contribution is 0.0953. The van der Waals surface area contributed by atoms with Gasteiger partial charge in [0.25, 0.3) is 5.91 Å². The van der Waals surface area contributed by atoms with Gasteiger partial charge in [-0.05, 0) is 48.6 Å². The van der Waals surface area contributed by atoms with Crippen molar-refractivity contribution in [1.29, 1.82) is 0 Å². The summed E-state index contributed by atoms with van der Waals surface area (Å²) in [5, 5.41) is 0. The van der Waals surface area contributed by atoms with Crippen molar-refractivity contribution in [2.75, 3.05) is 0 Å². The summed E-state index contributed by atoms with van der Waals surface area (Å²) in [5.41, 5.74) is 5.50. The minimum atomic E-state index is -0.331. The van der Waals surface area contributed by atoms with Crippen LogP contribution in [0, 0.1) is 0 Å². The highest BCUT2D eigenvalue weighted by Gasteiger charge is 2.12. The molecule has 0 unspecified atom stereocenters. The predicted molar refractivity (Wildman–Crippen MR) is 78.4 cm³/mol. The minimum absolute atomic E-state index is 0.331. The van der Waals surface area contributed by atoms with Crippen LogP contribution in [0.5, 0.6) is 0 Å². The third-order valence-corrected chi connectivity index (χ3v) is 4.51. The van der Waals surface area contributed by atoms with Gasteiger partial charge in [-0.3, -0.25) is 10.2 Å². The zero-order valence-electron chi connectivity index (χ0n) is 11.0. The number of rotatable bonds is 4. The van der Waals surface area contributed by atoms with Crippen LogP contribution in [0.15, 0.2) is 39.8 Å². The van der Waals surface area contributed by atoms with Crippen LogP contribution >= 0.6 is 11.8 Å². The molecule has 1 heterocycles. The molecular weight excluding hydrogens is 272 g/mol. The summed E-state index contributed by atoms with van der Waals surface area (Å²) >= 11 is 1.72. The summed E-state index contributed by atoms with van der Waals surface area (Å²) in [6.45, 7) is 0. The highest BCUT2D eigenvalue weighted by Crippen LogP contribution is 2.29. The van der Waals surface area contributed by atoms with Gasteiger partial charge in [0.1, 0.15) is 12.0 Å². The third kappa shape index (κ3) is 2.73. The molecule has 0 radical (unpaired) electrons. The van der Waals surface area contributed by atoms with E-state index < -0.39 is 0 Å². The average Bonchev–Trinajstić information content (AvgIpc) is 3.12. The van der Waals surface area contributed by atoms with Crippen molar-refractivity contribution >= 4 is 17.7 Å². The van der Waals surface area contributed by atoms with Crippen LogP contribution in [-0.2, 0) is 18.6 Å². The molecular formula is C15H16N2O2S. The summed E-state index contributed by atoms with van der Waals surface area (Å²) in [6, 6.07) is 8.37. The molecule has 0 saturated carbocycles. The van der Waals surface area contributed by atoms with Crippen LogP contribution in [-0.4, -0.2) is 5.91 Å². The Hall–Kier alpha value is -1.72. The maximum absolute atomic E-state index is 11.3. The first-order valence-corrected chi connectivity index (χ1v) is 7.58. The molecule has 20 heavy (non-hydrogen) atoms. The molecule has 0 bridgehead atoms. The van der Waals surface area contributed by atoms with Crippen LogP contribution in [0.25, 0.3) is 0 Å². The number of hydrazine groups is 1. The number of amides is 1. The first-order chi connectivity index (χ1) is 9.76. The van der Waals surface area contributed by atoms with E-state index in [4.69, 9.17) is 10.3 Å². The molecule has 1 aliphatic carbocycles. The van der Waals surface area contributed by atoms with Crippen LogP contribution in [0.4, 0.5) is 0 Å². The number of hydrogen-bond acceptors (Lipinski definition) is 4. The fourth-order valence-corrected chi connectivity index (χ4v) is 3.30. The van der Waals surface area contributed by atoms with Crippen molar-refractivity contribution in [3.05, 3.63) is 53.0 Å². The Balaban J connectivity index is 1.64. The number of benzene rings is 1. The van der Waals surface area contributed by atoms with Crippen LogP contribution in [0.2, 0.25) is 0 Å². The normalized spacial score (nSPS) is 13.2. The van der Waals surface area contributed by atoms with Gasteiger partial charge in [0, 0.05) is 4.90 Å². The van der Waals surface area contributed by atoms with E-state index in [0.717, 1.165) is 5.76 Å². The lowest BCUT2D eigenvalue weighted by Crippen LogP contribution is -2.29. The molecule has 1 aromatic carbocycles. The molecule has 4 nitrogen and oxygen atoms in total. The van der Waals surface area contributed by atoms with Crippen molar-refractivity contribution in [3.63, 3.8) is 0 Å². The Kier molecular flexibility index (Phi) is 3.80. The van der Waals surface area contributed by atoms with Gasteiger partial charge in [0.05, 0.1) is 11.3 Å². The average molecular weight is 288 g/mol. The SMILES string of the molecule is NNC(=O)c1coc(CSc2ccc3c(c2)CCC3)c1. The number of carbonyl (C=O) groups excluding carboxylic acids is 1. The van der Waals surface area contributed by atoms with E-state index in [1.807, 2.05) is 0 Å². The third-order valence-electron chi connectivity index (χ3n) is 3.50. The number of furan rings is 1. The largest absolute Gasteiger partial charge is 0.468 e. The van der Waals surface area contributed by atoms with Gasteiger partial charge in [-0.15, -0.1) is 11.8 Å². The summed E-state index contributed by atoms with van der Waals surface area (Å²) in [5.74, 6) is 6.23. The van der Waals surface area contributed by atoms with E-state index in [-0.39, 0.29) is 5.91 Å². The van der Waals surface area contributed by atoms with E-state index >= 15 is 0 Å².